The second-order valence-corrected chi connectivity index (χ2v) is 3.57. The number of rotatable bonds is 3. The fourth-order valence-corrected chi connectivity index (χ4v) is 1.33. The van der Waals surface area contributed by atoms with Crippen molar-refractivity contribution < 1.29 is 24.7 Å². The molecule has 0 spiro atoms. The van der Waals surface area contributed by atoms with Gasteiger partial charge in [-0.05, 0) is 0 Å². The molecule has 12 heavy (non-hydrogen) atoms. The molecule has 0 aromatic heterocycles. The van der Waals surface area contributed by atoms with Crippen molar-refractivity contribution in [3.05, 3.63) is 10.1 Å². The SMILES string of the molecule is O=[PH+]C(O)(O)C(C(=O)O)=C(Cl)Cl. The van der Waals surface area contributed by atoms with Gasteiger partial charge in [-0.25, -0.2) is 4.79 Å². The van der Waals surface area contributed by atoms with Crippen LogP contribution in [0.15, 0.2) is 10.1 Å². The normalized spacial score (nSPS) is 11.3. The molecular formula is C4H4Cl2O5P+. The first-order valence-electron chi connectivity index (χ1n) is 2.46. The van der Waals surface area contributed by atoms with Crippen LogP contribution in [-0.4, -0.2) is 26.8 Å². The Morgan fingerprint density at radius 3 is 1.83 bits per heavy atom. The van der Waals surface area contributed by atoms with Crippen molar-refractivity contribution >= 4 is 37.6 Å². The zero-order chi connectivity index (χ0) is 9.94. The molecule has 0 saturated heterocycles. The molecule has 0 aromatic rings. The number of hydrogen-bond donors (Lipinski definition) is 3. The quantitative estimate of drug-likeness (QED) is 0.373. The van der Waals surface area contributed by atoms with E-state index in [2.05, 4.69) is 0 Å². The highest BCUT2D eigenvalue weighted by Crippen LogP contribution is 2.31. The van der Waals surface area contributed by atoms with Crippen molar-refractivity contribution in [1.82, 2.24) is 0 Å². The molecule has 0 aliphatic carbocycles. The molecule has 0 aliphatic rings. The first-order valence-corrected chi connectivity index (χ1v) is 4.12. The summed E-state index contributed by atoms with van der Waals surface area (Å²) in [4.78, 5) is 10.3. The van der Waals surface area contributed by atoms with Crippen molar-refractivity contribution in [2.24, 2.45) is 0 Å². The van der Waals surface area contributed by atoms with E-state index < -0.39 is 30.0 Å². The Bertz CT molecular complexity index is 244. The Balaban J connectivity index is 5.18. The summed E-state index contributed by atoms with van der Waals surface area (Å²) in [6, 6.07) is 0. The van der Waals surface area contributed by atoms with Crippen LogP contribution < -0.4 is 0 Å². The summed E-state index contributed by atoms with van der Waals surface area (Å²) in [5.74, 6) is -1.75. The molecule has 0 aliphatic heterocycles. The Kier molecular flexibility index (Phi) is 4.10. The van der Waals surface area contributed by atoms with Crippen LogP contribution in [0.2, 0.25) is 0 Å². The second-order valence-electron chi connectivity index (χ2n) is 1.71. The number of carboxylic acids is 1. The van der Waals surface area contributed by atoms with E-state index >= 15 is 0 Å². The van der Waals surface area contributed by atoms with Gasteiger partial charge in [-0.15, -0.1) is 0 Å². The van der Waals surface area contributed by atoms with E-state index in [0.717, 1.165) is 0 Å². The van der Waals surface area contributed by atoms with Crippen LogP contribution in [0.3, 0.4) is 0 Å². The van der Waals surface area contributed by atoms with Crippen LogP contribution in [-0.2, 0) is 9.36 Å². The molecule has 0 saturated carbocycles. The van der Waals surface area contributed by atoms with Crippen molar-refractivity contribution in [2.45, 2.75) is 5.53 Å². The standard InChI is InChI=1S/C4H3Cl2O5P/c5-2(6)1(3(7)8)4(9,10)12-11/h9-10H,(H,7,8)/p+1. The van der Waals surface area contributed by atoms with Crippen LogP contribution in [0.4, 0.5) is 0 Å². The average molecular weight is 234 g/mol. The average Bonchev–Trinajstić information content (AvgIpc) is 1.84. The number of aliphatic hydroxyl groups is 2. The number of carboxylic acid groups (broad SMARTS) is 1. The van der Waals surface area contributed by atoms with E-state index in [0.29, 0.717) is 0 Å². The van der Waals surface area contributed by atoms with E-state index in [4.69, 9.17) is 38.5 Å². The van der Waals surface area contributed by atoms with Gasteiger partial charge in [0.1, 0.15) is 4.49 Å². The highest BCUT2D eigenvalue weighted by atomic mass is 35.5. The maximum absolute atomic E-state index is 10.3. The Morgan fingerprint density at radius 2 is 1.75 bits per heavy atom. The van der Waals surface area contributed by atoms with Gasteiger partial charge in [-0.3, -0.25) is 0 Å². The highest BCUT2D eigenvalue weighted by Gasteiger charge is 2.45. The summed E-state index contributed by atoms with van der Waals surface area (Å²) in [6.07, 6.45) is 0. The molecule has 8 heteroatoms. The fourth-order valence-electron chi connectivity index (χ4n) is 0.413. The van der Waals surface area contributed by atoms with E-state index in [1.54, 1.807) is 0 Å². The molecule has 1 atom stereocenters. The van der Waals surface area contributed by atoms with Gasteiger partial charge < -0.3 is 15.3 Å². The maximum Gasteiger partial charge on any atom is 0.404 e. The maximum atomic E-state index is 10.3. The van der Waals surface area contributed by atoms with Crippen LogP contribution >= 0.6 is 31.7 Å². The highest BCUT2D eigenvalue weighted by molar-refractivity contribution is 7.25. The lowest BCUT2D eigenvalue weighted by Gasteiger charge is -2.06. The minimum atomic E-state index is -3.01. The molecule has 0 bridgehead atoms. The summed E-state index contributed by atoms with van der Waals surface area (Å²) in [5.41, 5.74) is -4.12. The van der Waals surface area contributed by atoms with Crippen LogP contribution in [0.1, 0.15) is 0 Å². The number of halogens is 2. The minimum Gasteiger partial charge on any atom is -0.478 e. The summed E-state index contributed by atoms with van der Waals surface area (Å²) >= 11 is 10.0. The zero-order valence-electron chi connectivity index (χ0n) is 5.41. The smallest absolute Gasteiger partial charge is 0.404 e. The van der Waals surface area contributed by atoms with Crippen molar-refractivity contribution in [3.63, 3.8) is 0 Å². The molecule has 5 nitrogen and oxygen atoms in total. The first-order chi connectivity index (χ1) is 5.33. The lowest BCUT2D eigenvalue weighted by atomic mass is 10.3. The molecule has 0 fully saturated rings. The Labute approximate surface area is 78.4 Å². The molecule has 3 N–H and O–H groups in total. The molecule has 0 heterocycles. The fraction of sp³-hybridized carbons (Fsp3) is 0.250. The molecule has 0 radical (unpaired) electrons. The molecule has 0 rings (SSSR count). The van der Waals surface area contributed by atoms with Crippen LogP contribution in [0.5, 0.6) is 0 Å². The van der Waals surface area contributed by atoms with Gasteiger partial charge in [0, 0.05) is 0 Å². The third kappa shape index (κ3) is 2.69. The van der Waals surface area contributed by atoms with Gasteiger partial charge in [0.15, 0.2) is 5.57 Å². The molecule has 68 valence electrons. The monoisotopic (exact) mass is 233 g/mol. The van der Waals surface area contributed by atoms with Crippen molar-refractivity contribution in [2.75, 3.05) is 0 Å². The van der Waals surface area contributed by atoms with Crippen molar-refractivity contribution in [1.29, 1.82) is 0 Å². The second kappa shape index (κ2) is 4.16. The predicted molar refractivity (Wildman–Crippen MR) is 42.5 cm³/mol. The molecule has 0 aromatic carbocycles. The van der Waals surface area contributed by atoms with Crippen molar-refractivity contribution in [3.8, 4) is 0 Å². The predicted octanol–water partition coefficient (Wildman–Crippen LogP) is 0.423. The number of aliphatic carboxylic acids is 1. The largest absolute Gasteiger partial charge is 0.478 e. The van der Waals surface area contributed by atoms with Gasteiger partial charge in [-0.2, -0.15) is 0 Å². The van der Waals surface area contributed by atoms with Crippen LogP contribution in [0, 0.1) is 0 Å². The van der Waals surface area contributed by atoms with Gasteiger partial charge >= 0.3 is 20.0 Å². The third-order valence-electron chi connectivity index (χ3n) is 0.894. The Hall–Kier alpha value is -0.190. The summed E-state index contributed by atoms with van der Waals surface area (Å²) in [6.45, 7) is 0. The summed E-state index contributed by atoms with van der Waals surface area (Å²) in [5, 5.41) is 25.9. The first kappa shape index (κ1) is 11.8. The lowest BCUT2D eigenvalue weighted by molar-refractivity contribution is -0.138. The van der Waals surface area contributed by atoms with E-state index in [9.17, 15) is 9.36 Å². The zero-order valence-corrected chi connectivity index (χ0v) is 7.93. The topological polar surface area (TPSA) is 94.8 Å². The van der Waals surface area contributed by atoms with Crippen LogP contribution in [0.25, 0.3) is 0 Å². The van der Waals surface area contributed by atoms with Gasteiger partial charge in [0.25, 0.3) is 0 Å². The third-order valence-corrected chi connectivity index (χ3v) is 1.81. The van der Waals surface area contributed by atoms with E-state index in [1.165, 1.54) is 0 Å². The number of carbonyl (C=O) groups is 1. The van der Waals surface area contributed by atoms with E-state index in [1.807, 2.05) is 0 Å². The Morgan fingerprint density at radius 1 is 1.33 bits per heavy atom. The molecular weight excluding hydrogens is 230 g/mol. The molecule has 0 amide bonds. The summed E-state index contributed by atoms with van der Waals surface area (Å²) < 4.78 is 9.26. The lowest BCUT2D eigenvalue weighted by Crippen LogP contribution is -2.28. The number of hydrogen-bond acceptors (Lipinski definition) is 4. The van der Waals surface area contributed by atoms with Gasteiger partial charge in [0.05, 0.1) is 0 Å². The minimum absolute atomic E-state index is 0.851. The molecule has 1 unspecified atom stereocenters. The summed E-state index contributed by atoms with van der Waals surface area (Å²) in [7, 11) is -1.70. The van der Waals surface area contributed by atoms with Gasteiger partial charge in [0.2, 0.25) is 0 Å². The van der Waals surface area contributed by atoms with E-state index in [-0.39, 0.29) is 0 Å². The van der Waals surface area contributed by atoms with Gasteiger partial charge in [-0.1, -0.05) is 27.8 Å².